The summed E-state index contributed by atoms with van der Waals surface area (Å²) in [7, 11) is 0. The zero-order valence-electron chi connectivity index (χ0n) is 13.4. The number of rotatable bonds is 6. The average Bonchev–Trinajstić information content (AvgIpc) is 3.36. The number of para-hydroxylation sites is 1. The number of nitrogens with zero attached hydrogens (tertiary/aromatic N) is 2. The smallest absolute Gasteiger partial charge is 0.371 e. The number of benzene rings is 1. The van der Waals surface area contributed by atoms with Crippen LogP contribution in [-0.2, 0) is 6.42 Å². The van der Waals surface area contributed by atoms with Gasteiger partial charge in [-0.05, 0) is 36.4 Å². The van der Waals surface area contributed by atoms with E-state index in [0.717, 1.165) is 25.1 Å². The van der Waals surface area contributed by atoms with Crippen LogP contribution < -0.4 is 5.43 Å². The molecule has 0 fully saturated rings. The SMILES string of the molecule is O=C(O)c1ccc(-c2ccc(CC=NNc3nc4ccccc4s3)s2)o1. The summed E-state index contributed by atoms with van der Waals surface area (Å²) in [5, 5.41) is 13.9. The van der Waals surface area contributed by atoms with Crippen molar-refractivity contribution in [1.29, 1.82) is 0 Å². The minimum absolute atomic E-state index is 0.0588. The molecule has 0 unspecified atom stereocenters. The molecule has 0 bridgehead atoms. The van der Waals surface area contributed by atoms with Crippen molar-refractivity contribution in [3.8, 4) is 10.6 Å². The summed E-state index contributed by atoms with van der Waals surface area (Å²) >= 11 is 3.10. The van der Waals surface area contributed by atoms with Crippen LogP contribution in [0.3, 0.4) is 0 Å². The third-order valence-electron chi connectivity index (χ3n) is 3.56. The minimum Gasteiger partial charge on any atom is -0.475 e. The number of anilines is 1. The summed E-state index contributed by atoms with van der Waals surface area (Å²) in [4.78, 5) is 17.3. The van der Waals surface area contributed by atoms with Crippen LogP contribution in [0.5, 0.6) is 0 Å². The Morgan fingerprint density at radius 3 is 2.88 bits per heavy atom. The zero-order chi connectivity index (χ0) is 17.9. The average molecular weight is 383 g/mol. The van der Waals surface area contributed by atoms with E-state index in [0.29, 0.717) is 12.2 Å². The fourth-order valence-electron chi connectivity index (χ4n) is 2.36. The number of thiophene rings is 1. The summed E-state index contributed by atoms with van der Waals surface area (Å²) < 4.78 is 6.43. The van der Waals surface area contributed by atoms with E-state index in [4.69, 9.17) is 9.52 Å². The monoisotopic (exact) mass is 383 g/mol. The molecule has 0 radical (unpaired) electrons. The van der Waals surface area contributed by atoms with E-state index < -0.39 is 5.97 Å². The number of carboxylic acids is 1. The lowest BCUT2D eigenvalue weighted by atomic mass is 10.3. The van der Waals surface area contributed by atoms with Gasteiger partial charge in [0.15, 0.2) is 0 Å². The van der Waals surface area contributed by atoms with Gasteiger partial charge in [0.05, 0.1) is 15.1 Å². The Morgan fingerprint density at radius 1 is 1.19 bits per heavy atom. The van der Waals surface area contributed by atoms with Crippen molar-refractivity contribution in [2.24, 2.45) is 5.10 Å². The van der Waals surface area contributed by atoms with Gasteiger partial charge in [0.1, 0.15) is 5.76 Å². The van der Waals surface area contributed by atoms with Crippen LogP contribution in [-0.4, -0.2) is 22.3 Å². The largest absolute Gasteiger partial charge is 0.475 e. The Labute approximate surface area is 156 Å². The summed E-state index contributed by atoms with van der Waals surface area (Å²) in [6, 6.07) is 15.0. The molecule has 0 aliphatic heterocycles. The molecule has 0 atom stereocenters. The van der Waals surface area contributed by atoms with Crippen LogP contribution in [0, 0.1) is 0 Å². The third-order valence-corrected chi connectivity index (χ3v) is 5.62. The van der Waals surface area contributed by atoms with Gasteiger partial charge < -0.3 is 9.52 Å². The van der Waals surface area contributed by atoms with E-state index in [-0.39, 0.29) is 5.76 Å². The van der Waals surface area contributed by atoms with Crippen molar-refractivity contribution in [1.82, 2.24) is 4.98 Å². The maximum absolute atomic E-state index is 10.9. The van der Waals surface area contributed by atoms with E-state index in [2.05, 4.69) is 15.5 Å². The standard InChI is InChI=1S/C18H13N3O3S2/c22-17(23)14-7-6-13(24-14)16-8-5-11(25-16)9-10-19-21-18-20-12-3-1-2-4-15(12)26-18/h1-8,10H,9H2,(H,20,21)(H,22,23). The molecule has 130 valence electrons. The molecule has 0 amide bonds. The number of nitrogens with one attached hydrogen (secondary N) is 1. The van der Waals surface area contributed by atoms with Crippen LogP contribution in [0.25, 0.3) is 20.9 Å². The molecule has 2 N–H and O–H groups in total. The molecular weight excluding hydrogens is 370 g/mol. The van der Waals surface area contributed by atoms with E-state index >= 15 is 0 Å². The van der Waals surface area contributed by atoms with Gasteiger partial charge in [-0.3, -0.25) is 5.43 Å². The molecule has 1 aromatic carbocycles. The highest BCUT2D eigenvalue weighted by atomic mass is 32.1. The molecule has 4 rings (SSSR count). The number of hydrogen-bond acceptors (Lipinski definition) is 7. The third kappa shape index (κ3) is 3.51. The first kappa shape index (κ1) is 16.5. The molecule has 0 saturated carbocycles. The summed E-state index contributed by atoms with van der Waals surface area (Å²) in [6.45, 7) is 0. The molecular formula is C18H13N3O3S2. The number of hydrazone groups is 1. The second kappa shape index (κ2) is 7.11. The topological polar surface area (TPSA) is 87.7 Å². The van der Waals surface area contributed by atoms with Crippen molar-refractivity contribution in [3.05, 3.63) is 59.2 Å². The Morgan fingerprint density at radius 2 is 2.08 bits per heavy atom. The molecule has 4 aromatic rings. The predicted octanol–water partition coefficient (Wildman–Crippen LogP) is 4.96. The number of aromatic carboxylic acids is 1. The highest BCUT2D eigenvalue weighted by Crippen LogP contribution is 2.30. The second-order valence-corrected chi connectivity index (χ2v) is 7.55. The second-order valence-electron chi connectivity index (χ2n) is 5.35. The lowest BCUT2D eigenvalue weighted by Gasteiger charge is -1.92. The van der Waals surface area contributed by atoms with Gasteiger partial charge in [-0.15, -0.1) is 11.3 Å². The lowest BCUT2D eigenvalue weighted by Crippen LogP contribution is -1.91. The number of aromatic nitrogens is 1. The van der Waals surface area contributed by atoms with E-state index in [9.17, 15) is 4.79 Å². The maximum atomic E-state index is 10.9. The van der Waals surface area contributed by atoms with Crippen LogP contribution in [0.4, 0.5) is 5.13 Å². The summed E-state index contributed by atoms with van der Waals surface area (Å²) in [5.74, 6) is -0.569. The quantitative estimate of drug-likeness (QED) is 0.363. The number of carbonyl (C=O) groups is 1. The Balaban J connectivity index is 1.37. The van der Waals surface area contributed by atoms with Gasteiger partial charge in [0.25, 0.3) is 0 Å². The van der Waals surface area contributed by atoms with Gasteiger partial charge in [-0.2, -0.15) is 5.10 Å². The van der Waals surface area contributed by atoms with Crippen LogP contribution in [0.2, 0.25) is 0 Å². The Hall–Kier alpha value is -2.97. The van der Waals surface area contributed by atoms with Gasteiger partial charge >= 0.3 is 5.97 Å². The first-order valence-electron chi connectivity index (χ1n) is 7.74. The molecule has 8 heteroatoms. The van der Waals surface area contributed by atoms with Gasteiger partial charge in [0.2, 0.25) is 10.9 Å². The molecule has 0 spiro atoms. The van der Waals surface area contributed by atoms with E-state index in [1.54, 1.807) is 35.0 Å². The molecule has 0 aliphatic rings. The van der Waals surface area contributed by atoms with Crippen molar-refractivity contribution in [3.63, 3.8) is 0 Å². The zero-order valence-corrected chi connectivity index (χ0v) is 15.0. The first-order chi connectivity index (χ1) is 12.7. The van der Waals surface area contributed by atoms with Gasteiger partial charge in [-0.25, -0.2) is 9.78 Å². The lowest BCUT2D eigenvalue weighted by molar-refractivity contribution is 0.0663. The number of carboxylic acid groups (broad SMARTS) is 1. The van der Waals surface area contributed by atoms with Gasteiger partial charge in [0, 0.05) is 17.5 Å². The Bertz CT molecular complexity index is 1060. The predicted molar refractivity (Wildman–Crippen MR) is 104 cm³/mol. The van der Waals surface area contributed by atoms with E-state index in [1.165, 1.54) is 6.07 Å². The van der Waals surface area contributed by atoms with Gasteiger partial charge in [-0.1, -0.05) is 23.5 Å². The van der Waals surface area contributed by atoms with Crippen molar-refractivity contribution in [2.75, 3.05) is 5.43 Å². The number of furan rings is 1. The number of hydrogen-bond donors (Lipinski definition) is 2. The molecule has 6 nitrogen and oxygen atoms in total. The molecule has 26 heavy (non-hydrogen) atoms. The molecule has 0 aliphatic carbocycles. The van der Waals surface area contributed by atoms with Crippen molar-refractivity contribution in [2.45, 2.75) is 6.42 Å². The van der Waals surface area contributed by atoms with E-state index in [1.807, 2.05) is 36.4 Å². The fourth-order valence-corrected chi connectivity index (χ4v) is 4.10. The fraction of sp³-hybridized carbons (Fsp3) is 0.0556. The van der Waals surface area contributed by atoms with Crippen LogP contribution in [0.15, 0.2) is 58.0 Å². The molecule has 3 aromatic heterocycles. The summed E-state index contributed by atoms with van der Waals surface area (Å²) in [6.07, 6.45) is 2.45. The molecule has 0 saturated heterocycles. The van der Waals surface area contributed by atoms with Crippen molar-refractivity contribution < 1.29 is 14.3 Å². The van der Waals surface area contributed by atoms with Crippen LogP contribution >= 0.6 is 22.7 Å². The maximum Gasteiger partial charge on any atom is 0.371 e. The highest BCUT2D eigenvalue weighted by molar-refractivity contribution is 7.22. The Kier molecular flexibility index (Phi) is 4.51. The number of thiazole rings is 1. The normalized spacial score (nSPS) is 11.4. The number of fused-ring (bicyclic) bond motifs is 1. The minimum atomic E-state index is -1.07. The highest BCUT2D eigenvalue weighted by Gasteiger charge is 2.11. The van der Waals surface area contributed by atoms with Crippen LogP contribution in [0.1, 0.15) is 15.4 Å². The first-order valence-corrected chi connectivity index (χ1v) is 9.38. The van der Waals surface area contributed by atoms with Crippen molar-refractivity contribution >= 4 is 50.2 Å². The molecule has 3 heterocycles. The summed E-state index contributed by atoms with van der Waals surface area (Å²) in [5.41, 5.74) is 3.91.